The summed E-state index contributed by atoms with van der Waals surface area (Å²) in [6, 6.07) is 3.18. The van der Waals surface area contributed by atoms with Gasteiger partial charge in [0, 0.05) is 18.0 Å². The van der Waals surface area contributed by atoms with Crippen LogP contribution in [-0.4, -0.2) is 20.6 Å². The Labute approximate surface area is 135 Å². The van der Waals surface area contributed by atoms with E-state index in [0.29, 0.717) is 24.2 Å². The minimum atomic E-state index is -1.05. The summed E-state index contributed by atoms with van der Waals surface area (Å²) in [6.07, 6.45) is 2.17. The Hall–Kier alpha value is -2.41. The van der Waals surface area contributed by atoms with E-state index in [9.17, 15) is 19.1 Å². The topological polar surface area (TPSA) is 84.2 Å². The van der Waals surface area contributed by atoms with Crippen LogP contribution in [0.2, 0.25) is 5.02 Å². The van der Waals surface area contributed by atoms with Crippen LogP contribution >= 0.6 is 11.6 Å². The highest BCUT2D eigenvalue weighted by atomic mass is 35.5. The van der Waals surface area contributed by atoms with E-state index >= 15 is 0 Å². The smallest absolute Gasteiger partial charge is 0.326 e. The van der Waals surface area contributed by atoms with Gasteiger partial charge in [0.15, 0.2) is 0 Å². The van der Waals surface area contributed by atoms with Crippen LogP contribution in [0.4, 0.5) is 10.1 Å². The lowest BCUT2D eigenvalue weighted by Crippen LogP contribution is -2.30. The summed E-state index contributed by atoms with van der Waals surface area (Å²) in [5, 5.41) is 12.3. The number of aryl methyl sites for hydroxylation is 1. The molecule has 8 heteroatoms. The molecule has 1 aliphatic heterocycles. The van der Waals surface area contributed by atoms with Crippen LogP contribution in [-0.2, 0) is 17.8 Å². The predicted molar refractivity (Wildman–Crippen MR) is 82.2 cm³/mol. The summed E-state index contributed by atoms with van der Waals surface area (Å²) >= 11 is 5.78. The number of carboxylic acid groups (broad SMARTS) is 1. The van der Waals surface area contributed by atoms with Gasteiger partial charge in [-0.2, -0.15) is 0 Å². The maximum Gasteiger partial charge on any atom is 0.326 e. The summed E-state index contributed by atoms with van der Waals surface area (Å²) in [4.78, 5) is 27.8. The molecule has 0 unspecified atom stereocenters. The second kappa shape index (κ2) is 6.00. The normalized spacial score (nSPS) is 16.2. The average molecular weight is 338 g/mol. The van der Waals surface area contributed by atoms with Gasteiger partial charge in [0.25, 0.3) is 5.56 Å². The predicted octanol–water partition coefficient (Wildman–Crippen LogP) is 2.22. The molecule has 0 saturated carbocycles. The van der Waals surface area contributed by atoms with E-state index in [4.69, 9.17) is 11.6 Å². The Morgan fingerprint density at radius 2 is 2.26 bits per heavy atom. The minimum absolute atomic E-state index is 0.169. The zero-order valence-corrected chi connectivity index (χ0v) is 12.7. The Bertz CT molecular complexity index is 817. The summed E-state index contributed by atoms with van der Waals surface area (Å²) in [5.74, 6) is -1.06. The highest BCUT2D eigenvalue weighted by Crippen LogP contribution is 2.23. The number of hydrogen-bond donors (Lipinski definition) is 2. The number of aromatic nitrogens is 2. The number of benzene rings is 1. The zero-order valence-electron chi connectivity index (χ0n) is 11.9. The summed E-state index contributed by atoms with van der Waals surface area (Å²) in [6.45, 7) is 0.172. The van der Waals surface area contributed by atoms with Crippen LogP contribution in [0.15, 0.2) is 29.2 Å². The number of nitrogens with one attached hydrogen (secondary N) is 1. The van der Waals surface area contributed by atoms with Crippen molar-refractivity contribution in [2.45, 2.75) is 25.4 Å². The van der Waals surface area contributed by atoms with Gasteiger partial charge in [-0.25, -0.2) is 14.2 Å². The van der Waals surface area contributed by atoms with Gasteiger partial charge in [-0.15, -0.1) is 0 Å². The van der Waals surface area contributed by atoms with Crippen LogP contribution in [0.1, 0.15) is 23.9 Å². The number of nitrogens with zero attached hydrogens (tertiary/aromatic N) is 2. The monoisotopic (exact) mass is 337 g/mol. The lowest BCUT2D eigenvalue weighted by Gasteiger charge is -2.12. The molecule has 23 heavy (non-hydrogen) atoms. The first-order chi connectivity index (χ1) is 11.0. The Kier molecular flexibility index (Phi) is 4.04. The van der Waals surface area contributed by atoms with Crippen LogP contribution < -0.4 is 10.9 Å². The molecule has 120 valence electrons. The molecule has 0 saturated heterocycles. The summed E-state index contributed by atoms with van der Waals surface area (Å²) in [7, 11) is 0. The number of carboxylic acids is 1. The standard InChI is InChI=1S/C15H13ClFN3O3/c16-9-3-8(4-10(17)5-9)6-18-11-7-19-13-2-1-12(15(22)23)20(13)14(11)21/h3-5,7,12,18H,1-2,6H2,(H,22,23)/t12-/m0/s1. The fraction of sp³-hybridized carbons (Fsp3) is 0.267. The van der Waals surface area contributed by atoms with Crippen LogP contribution in [0.5, 0.6) is 0 Å². The van der Waals surface area contributed by atoms with Gasteiger partial charge in [0.1, 0.15) is 23.4 Å². The van der Waals surface area contributed by atoms with E-state index in [1.807, 2.05) is 0 Å². The van der Waals surface area contributed by atoms with E-state index in [2.05, 4.69) is 10.3 Å². The lowest BCUT2D eigenvalue weighted by molar-refractivity contribution is -0.140. The molecule has 3 rings (SSSR count). The first-order valence-electron chi connectivity index (χ1n) is 6.98. The van der Waals surface area contributed by atoms with Crippen molar-refractivity contribution in [3.63, 3.8) is 0 Å². The van der Waals surface area contributed by atoms with Gasteiger partial charge in [0.05, 0.1) is 6.20 Å². The molecule has 0 aliphatic carbocycles. The van der Waals surface area contributed by atoms with Crippen molar-refractivity contribution in [2.24, 2.45) is 0 Å². The van der Waals surface area contributed by atoms with E-state index in [-0.39, 0.29) is 17.3 Å². The largest absolute Gasteiger partial charge is 0.480 e. The maximum atomic E-state index is 13.3. The second-order valence-corrected chi connectivity index (χ2v) is 5.72. The maximum absolute atomic E-state index is 13.3. The van der Waals surface area contributed by atoms with Gasteiger partial charge in [-0.1, -0.05) is 11.6 Å². The molecule has 0 fully saturated rings. The van der Waals surface area contributed by atoms with Crippen molar-refractivity contribution < 1.29 is 14.3 Å². The first kappa shape index (κ1) is 15.5. The van der Waals surface area contributed by atoms with Gasteiger partial charge in [0.2, 0.25) is 0 Å². The number of carbonyl (C=O) groups is 1. The lowest BCUT2D eigenvalue weighted by atomic mass is 10.2. The number of hydrogen-bond acceptors (Lipinski definition) is 4. The Morgan fingerprint density at radius 3 is 2.96 bits per heavy atom. The number of halogens is 2. The minimum Gasteiger partial charge on any atom is -0.480 e. The quantitative estimate of drug-likeness (QED) is 0.893. The number of rotatable bonds is 4. The third-order valence-electron chi connectivity index (χ3n) is 3.71. The third-order valence-corrected chi connectivity index (χ3v) is 3.93. The molecule has 1 aliphatic rings. The van der Waals surface area contributed by atoms with Crippen molar-refractivity contribution in [1.29, 1.82) is 0 Å². The first-order valence-corrected chi connectivity index (χ1v) is 7.35. The van der Waals surface area contributed by atoms with Crippen molar-refractivity contribution in [3.05, 3.63) is 57.0 Å². The van der Waals surface area contributed by atoms with Gasteiger partial charge in [-0.05, 0) is 30.2 Å². The molecule has 0 radical (unpaired) electrons. The molecule has 2 N–H and O–H groups in total. The van der Waals surface area contributed by atoms with Gasteiger partial charge in [-0.3, -0.25) is 9.36 Å². The molecule has 0 spiro atoms. The van der Waals surface area contributed by atoms with Crippen LogP contribution in [0.3, 0.4) is 0 Å². The molecule has 0 amide bonds. The summed E-state index contributed by atoms with van der Waals surface area (Å²) < 4.78 is 14.5. The molecule has 2 aromatic rings. The van der Waals surface area contributed by atoms with Crippen molar-refractivity contribution >= 4 is 23.3 Å². The zero-order chi connectivity index (χ0) is 16.6. The Morgan fingerprint density at radius 1 is 1.48 bits per heavy atom. The van der Waals surface area contributed by atoms with E-state index < -0.39 is 23.4 Å². The van der Waals surface area contributed by atoms with E-state index in [1.54, 1.807) is 6.07 Å². The molecule has 1 atom stereocenters. The van der Waals surface area contributed by atoms with Crippen LogP contribution in [0, 0.1) is 5.82 Å². The Balaban J connectivity index is 1.86. The molecule has 2 heterocycles. The van der Waals surface area contributed by atoms with Gasteiger partial charge >= 0.3 is 5.97 Å². The molecule has 0 bridgehead atoms. The van der Waals surface area contributed by atoms with Crippen molar-refractivity contribution in [2.75, 3.05) is 5.32 Å². The van der Waals surface area contributed by atoms with Gasteiger partial charge < -0.3 is 10.4 Å². The molecular weight excluding hydrogens is 325 g/mol. The number of fused-ring (bicyclic) bond motifs is 1. The number of anilines is 1. The fourth-order valence-corrected chi connectivity index (χ4v) is 2.91. The summed E-state index contributed by atoms with van der Waals surface area (Å²) in [5.41, 5.74) is 0.291. The molecular formula is C15H13ClFN3O3. The van der Waals surface area contributed by atoms with Crippen molar-refractivity contribution in [3.8, 4) is 0 Å². The number of aliphatic carboxylic acids is 1. The highest BCUT2D eigenvalue weighted by Gasteiger charge is 2.30. The fourth-order valence-electron chi connectivity index (χ4n) is 2.67. The molecule has 6 nitrogen and oxygen atoms in total. The van der Waals surface area contributed by atoms with Crippen LogP contribution in [0.25, 0.3) is 0 Å². The average Bonchev–Trinajstić information content (AvgIpc) is 2.90. The third kappa shape index (κ3) is 3.05. The van der Waals surface area contributed by atoms with Crippen molar-refractivity contribution in [1.82, 2.24) is 9.55 Å². The van der Waals surface area contributed by atoms with E-state index in [1.165, 1.54) is 22.9 Å². The molecule has 1 aromatic heterocycles. The second-order valence-electron chi connectivity index (χ2n) is 5.29. The molecule has 1 aromatic carbocycles. The SMILES string of the molecule is O=C(O)[C@@H]1CCc2ncc(NCc3cc(F)cc(Cl)c3)c(=O)n21. The highest BCUT2D eigenvalue weighted by molar-refractivity contribution is 6.30. The van der Waals surface area contributed by atoms with E-state index in [0.717, 1.165) is 0 Å².